The summed E-state index contributed by atoms with van der Waals surface area (Å²) in [6.45, 7) is 9.73. The number of hydrogen-bond donors (Lipinski definition) is 3. The van der Waals surface area contributed by atoms with Gasteiger partial charge in [0.2, 0.25) is 0 Å². The van der Waals surface area contributed by atoms with Crippen LogP contribution in [0.25, 0.3) is 0 Å². The van der Waals surface area contributed by atoms with E-state index < -0.39 is 0 Å². The largest absolute Gasteiger partial charge is 0.411 e. The Kier molecular flexibility index (Phi) is 9.25. The third kappa shape index (κ3) is 8.04. The molecule has 0 aliphatic rings. The first kappa shape index (κ1) is 17.2. The van der Waals surface area contributed by atoms with Gasteiger partial charge in [0, 0.05) is 13.1 Å². The zero-order valence-electron chi connectivity index (χ0n) is 12.0. The van der Waals surface area contributed by atoms with Gasteiger partial charge in [-0.2, -0.15) is 0 Å². The molecule has 0 unspecified atom stereocenters. The second-order valence-electron chi connectivity index (χ2n) is 4.06. The highest BCUT2D eigenvalue weighted by molar-refractivity contribution is 6.40. The molecule has 3 N–H and O–H groups in total. The summed E-state index contributed by atoms with van der Waals surface area (Å²) in [6, 6.07) is 0. The summed E-state index contributed by atoms with van der Waals surface area (Å²) in [7, 11) is 0. The molecule has 0 amide bonds. The van der Waals surface area contributed by atoms with Crippen molar-refractivity contribution in [3.05, 3.63) is 0 Å². The number of nitrogens with one attached hydrogen (secondary N) is 1. The molecule has 7 heteroatoms. The van der Waals surface area contributed by atoms with E-state index in [0.29, 0.717) is 24.5 Å². The first-order valence-electron chi connectivity index (χ1n) is 6.13. The van der Waals surface area contributed by atoms with Gasteiger partial charge in [-0.3, -0.25) is 9.98 Å². The van der Waals surface area contributed by atoms with Gasteiger partial charge in [-0.1, -0.05) is 10.3 Å². The van der Waals surface area contributed by atoms with E-state index in [1.807, 2.05) is 0 Å². The van der Waals surface area contributed by atoms with Crippen molar-refractivity contribution in [2.45, 2.75) is 27.7 Å². The van der Waals surface area contributed by atoms with Crippen LogP contribution in [0.1, 0.15) is 27.7 Å². The summed E-state index contributed by atoms with van der Waals surface area (Å²) in [5.74, 6) is 0. The fraction of sp³-hybridized carbons (Fsp3) is 0.667. The molecule has 0 spiro atoms. The Morgan fingerprint density at radius 2 is 1.11 bits per heavy atom. The molecule has 0 aromatic rings. The van der Waals surface area contributed by atoms with Crippen LogP contribution in [-0.4, -0.2) is 59.4 Å². The lowest BCUT2D eigenvalue weighted by molar-refractivity contribution is 0.319. The van der Waals surface area contributed by atoms with E-state index >= 15 is 0 Å². The zero-order chi connectivity index (χ0) is 14.7. The number of aliphatic imine (C=N–C) groups is 2. The molecule has 0 aromatic heterocycles. The predicted octanol–water partition coefficient (Wildman–Crippen LogP) is 1.20. The van der Waals surface area contributed by atoms with Crippen molar-refractivity contribution in [2.24, 2.45) is 20.3 Å². The maximum absolute atomic E-state index is 8.54. The summed E-state index contributed by atoms with van der Waals surface area (Å²) < 4.78 is 0. The number of oxime groups is 2. The number of hydrogen-bond acceptors (Lipinski definition) is 7. The summed E-state index contributed by atoms with van der Waals surface area (Å²) in [6.07, 6.45) is 0. The van der Waals surface area contributed by atoms with Gasteiger partial charge in [-0.15, -0.1) is 0 Å². The summed E-state index contributed by atoms with van der Waals surface area (Å²) in [5, 5.41) is 26.4. The van der Waals surface area contributed by atoms with Crippen LogP contribution in [0.15, 0.2) is 20.3 Å². The fourth-order valence-corrected chi connectivity index (χ4v) is 1.10. The van der Waals surface area contributed by atoms with Crippen LogP contribution in [0.2, 0.25) is 0 Å². The topological polar surface area (TPSA) is 102 Å². The van der Waals surface area contributed by atoms with E-state index in [9.17, 15) is 0 Å². The van der Waals surface area contributed by atoms with Gasteiger partial charge < -0.3 is 15.7 Å². The van der Waals surface area contributed by atoms with Crippen LogP contribution in [0.5, 0.6) is 0 Å². The van der Waals surface area contributed by atoms with Gasteiger partial charge in [0.1, 0.15) is 0 Å². The van der Waals surface area contributed by atoms with Crippen LogP contribution in [0.4, 0.5) is 0 Å². The van der Waals surface area contributed by atoms with Gasteiger partial charge in [0.25, 0.3) is 0 Å². The Labute approximate surface area is 113 Å². The van der Waals surface area contributed by atoms with Crippen LogP contribution >= 0.6 is 0 Å². The van der Waals surface area contributed by atoms with E-state index in [0.717, 1.165) is 24.5 Å². The molecule has 19 heavy (non-hydrogen) atoms. The maximum Gasteiger partial charge on any atom is 0.0971 e. The lowest BCUT2D eigenvalue weighted by Crippen LogP contribution is -2.22. The highest BCUT2D eigenvalue weighted by Crippen LogP contribution is 1.84. The van der Waals surface area contributed by atoms with Crippen molar-refractivity contribution in [3.8, 4) is 0 Å². The molecular formula is C12H23N5O2. The molecule has 108 valence electrons. The second-order valence-corrected chi connectivity index (χ2v) is 4.06. The first-order chi connectivity index (χ1) is 9.02. The molecule has 0 heterocycles. The third-order valence-corrected chi connectivity index (χ3v) is 2.62. The number of rotatable bonds is 8. The van der Waals surface area contributed by atoms with Crippen LogP contribution in [-0.2, 0) is 0 Å². The Balaban J connectivity index is 3.79. The Morgan fingerprint density at radius 3 is 1.42 bits per heavy atom. The van der Waals surface area contributed by atoms with Crippen molar-refractivity contribution < 1.29 is 10.4 Å². The third-order valence-electron chi connectivity index (χ3n) is 2.62. The average molecular weight is 269 g/mol. The minimum absolute atomic E-state index is 0.527. The average Bonchev–Trinajstić information content (AvgIpc) is 2.43. The van der Waals surface area contributed by atoms with Crippen molar-refractivity contribution in [2.75, 3.05) is 26.2 Å². The van der Waals surface area contributed by atoms with Crippen molar-refractivity contribution in [1.82, 2.24) is 5.32 Å². The predicted molar refractivity (Wildman–Crippen MR) is 78.6 cm³/mol. The van der Waals surface area contributed by atoms with Gasteiger partial charge >= 0.3 is 0 Å². The summed E-state index contributed by atoms with van der Waals surface area (Å²) >= 11 is 0. The van der Waals surface area contributed by atoms with E-state index in [1.54, 1.807) is 27.7 Å². The highest BCUT2D eigenvalue weighted by Gasteiger charge is 1.96. The SMILES string of the molecule is CC(=NCCNCCN=C(C)/C(C)=N/O)/C(C)=N/O. The molecule has 0 fully saturated rings. The minimum atomic E-state index is 0.527. The molecule has 7 nitrogen and oxygen atoms in total. The smallest absolute Gasteiger partial charge is 0.0971 e. The van der Waals surface area contributed by atoms with E-state index in [4.69, 9.17) is 10.4 Å². The molecule has 0 saturated heterocycles. The number of nitrogens with zero attached hydrogens (tertiary/aromatic N) is 4. The quantitative estimate of drug-likeness (QED) is 0.267. The molecule has 0 aliphatic carbocycles. The van der Waals surface area contributed by atoms with Crippen molar-refractivity contribution in [1.29, 1.82) is 0 Å². The molecule has 0 atom stereocenters. The minimum Gasteiger partial charge on any atom is -0.411 e. The first-order valence-corrected chi connectivity index (χ1v) is 6.13. The summed E-state index contributed by atoms with van der Waals surface area (Å²) in [5.41, 5.74) is 2.51. The van der Waals surface area contributed by atoms with E-state index in [-0.39, 0.29) is 0 Å². The van der Waals surface area contributed by atoms with E-state index in [2.05, 4.69) is 25.6 Å². The normalized spacial score (nSPS) is 14.9. The Bertz CT molecular complexity index is 350. The van der Waals surface area contributed by atoms with E-state index in [1.165, 1.54) is 0 Å². The monoisotopic (exact) mass is 269 g/mol. The van der Waals surface area contributed by atoms with Crippen molar-refractivity contribution in [3.63, 3.8) is 0 Å². The van der Waals surface area contributed by atoms with Gasteiger partial charge in [-0.05, 0) is 27.7 Å². The highest BCUT2D eigenvalue weighted by atomic mass is 16.4. The van der Waals surface area contributed by atoms with Crippen molar-refractivity contribution >= 4 is 22.8 Å². The Hall–Kier alpha value is -1.76. The molecule has 0 bridgehead atoms. The van der Waals surface area contributed by atoms with Gasteiger partial charge in [-0.25, -0.2) is 0 Å². The van der Waals surface area contributed by atoms with Crippen LogP contribution < -0.4 is 5.32 Å². The molecular weight excluding hydrogens is 246 g/mol. The van der Waals surface area contributed by atoms with Crippen LogP contribution in [0.3, 0.4) is 0 Å². The molecule has 0 aromatic carbocycles. The Morgan fingerprint density at radius 1 is 0.737 bits per heavy atom. The maximum atomic E-state index is 8.54. The molecule has 0 rings (SSSR count). The molecule has 0 aliphatic heterocycles. The van der Waals surface area contributed by atoms with Gasteiger partial charge in [0.05, 0.1) is 35.9 Å². The molecule has 0 radical (unpaired) electrons. The molecule has 0 saturated carbocycles. The lowest BCUT2D eigenvalue weighted by Gasteiger charge is -2.02. The fourth-order valence-electron chi connectivity index (χ4n) is 1.10. The van der Waals surface area contributed by atoms with Gasteiger partial charge in [0.15, 0.2) is 0 Å². The second kappa shape index (κ2) is 10.2. The van der Waals surface area contributed by atoms with Crippen LogP contribution in [0, 0.1) is 0 Å². The lowest BCUT2D eigenvalue weighted by atomic mass is 10.3. The summed E-state index contributed by atoms with van der Waals surface area (Å²) in [4.78, 5) is 8.49. The zero-order valence-corrected chi connectivity index (χ0v) is 12.0. The standard InChI is InChI=1S/C12H23N5O2/c1-9(11(3)16-18)14-7-5-13-6-8-15-10(2)12(4)17-19/h13,18-19H,5-8H2,1-4H3/b14-9?,15-10?,16-11+,17-12+.